The van der Waals surface area contributed by atoms with Gasteiger partial charge in [0.1, 0.15) is 18.1 Å². The lowest BCUT2D eigenvalue weighted by atomic mass is 10.2. The SMILES string of the molecule is COCCN(CC(=O)N(Cc1ccccc1)Cc1ccc(C)o1)C(=O)Nc1ccc(Cl)cc1. The third-order valence-corrected chi connectivity index (χ3v) is 5.24. The molecule has 1 aromatic heterocycles. The van der Waals surface area contributed by atoms with E-state index in [2.05, 4.69) is 5.32 Å². The molecule has 3 amide bonds. The van der Waals surface area contributed by atoms with E-state index in [1.54, 1.807) is 36.3 Å². The Hall–Kier alpha value is -3.29. The first kappa shape index (κ1) is 24.4. The molecule has 1 N–H and O–H groups in total. The number of ether oxygens (including phenoxy) is 1. The number of urea groups is 1. The van der Waals surface area contributed by atoms with Gasteiger partial charge in [0.2, 0.25) is 5.91 Å². The lowest BCUT2D eigenvalue weighted by Gasteiger charge is -2.27. The summed E-state index contributed by atoms with van der Waals surface area (Å²) in [6.45, 7) is 3.03. The summed E-state index contributed by atoms with van der Waals surface area (Å²) in [4.78, 5) is 29.4. The summed E-state index contributed by atoms with van der Waals surface area (Å²) in [5.74, 6) is 1.27. The zero-order chi connectivity index (χ0) is 23.6. The van der Waals surface area contributed by atoms with Crippen LogP contribution < -0.4 is 5.32 Å². The van der Waals surface area contributed by atoms with Gasteiger partial charge in [-0.2, -0.15) is 0 Å². The molecule has 0 bridgehead atoms. The minimum absolute atomic E-state index is 0.102. The van der Waals surface area contributed by atoms with Crippen molar-refractivity contribution in [1.82, 2.24) is 9.80 Å². The Bertz CT molecular complexity index is 1040. The number of amides is 3. The van der Waals surface area contributed by atoms with Gasteiger partial charge in [-0.05, 0) is 48.9 Å². The van der Waals surface area contributed by atoms with Crippen LogP contribution in [-0.2, 0) is 22.6 Å². The summed E-state index contributed by atoms with van der Waals surface area (Å²) < 4.78 is 10.8. The molecule has 3 aromatic rings. The smallest absolute Gasteiger partial charge is 0.322 e. The van der Waals surface area contributed by atoms with E-state index in [9.17, 15) is 9.59 Å². The third kappa shape index (κ3) is 7.66. The highest BCUT2D eigenvalue weighted by Crippen LogP contribution is 2.16. The van der Waals surface area contributed by atoms with Crippen LogP contribution in [0.5, 0.6) is 0 Å². The van der Waals surface area contributed by atoms with E-state index in [1.165, 1.54) is 4.90 Å². The first-order valence-electron chi connectivity index (χ1n) is 10.6. The molecule has 0 atom stereocenters. The van der Waals surface area contributed by atoms with Gasteiger partial charge in [-0.3, -0.25) is 4.79 Å². The lowest BCUT2D eigenvalue weighted by Crippen LogP contribution is -2.45. The van der Waals surface area contributed by atoms with Crippen molar-refractivity contribution >= 4 is 29.2 Å². The second kappa shape index (κ2) is 12.1. The number of furan rings is 1. The average molecular weight is 470 g/mol. The number of anilines is 1. The molecule has 33 heavy (non-hydrogen) atoms. The molecule has 0 saturated carbocycles. The summed E-state index contributed by atoms with van der Waals surface area (Å²) in [5.41, 5.74) is 1.58. The van der Waals surface area contributed by atoms with E-state index in [1.807, 2.05) is 49.4 Å². The van der Waals surface area contributed by atoms with Crippen LogP contribution in [0.15, 0.2) is 71.1 Å². The maximum atomic E-state index is 13.3. The summed E-state index contributed by atoms with van der Waals surface area (Å²) in [6, 6.07) is 19.8. The van der Waals surface area contributed by atoms with Crippen molar-refractivity contribution in [3.63, 3.8) is 0 Å². The van der Waals surface area contributed by atoms with Crippen molar-refractivity contribution < 1.29 is 18.7 Å². The Kier molecular flexibility index (Phi) is 8.92. The number of hydrogen-bond acceptors (Lipinski definition) is 4. The molecule has 0 unspecified atom stereocenters. The van der Waals surface area contributed by atoms with Gasteiger partial charge < -0.3 is 24.3 Å². The number of nitrogens with one attached hydrogen (secondary N) is 1. The minimum Gasteiger partial charge on any atom is -0.464 e. The maximum Gasteiger partial charge on any atom is 0.322 e. The van der Waals surface area contributed by atoms with Crippen LogP contribution in [0.25, 0.3) is 0 Å². The fourth-order valence-electron chi connectivity index (χ4n) is 3.25. The highest BCUT2D eigenvalue weighted by atomic mass is 35.5. The van der Waals surface area contributed by atoms with Gasteiger partial charge in [0.05, 0.1) is 13.2 Å². The number of halogens is 1. The molecule has 1 heterocycles. The molecular weight excluding hydrogens is 442 g/mol. The molecule has 0 saturated heterocycles. The number of carbonyl (C=O) groups excluding carboxylic acids is 2. The van der Waals surface area contributed by atoms with Gasteiger partial charge in [0.25, 0.3) is 0 Å². The number of rotatable bonds is 10. The monoisotopic (exact) mass is 469 g/mol. The molecule has 0 aliphatic carbocycles. The van der Waals surface area contributed by atoms with Crippen molar-refractivity contribution in [1.29, 1.82) is 0 Å². The molecule has 0 aliphatic rings. The van der Waals surface area contributed by atoms with Crippen LogP contribution in [-0.4, -0.2) is 48.5 Å². The lowest BCUT2D eigenvalue weighted by molar-refractivity contribution is -0.133. The standard InChI is InChI=1S/C25H28ClN3O4/c1-19-8-13-23(33-19)17-29(16-20-6-4-3-5-7-20)24(30)18-28(14-15-32-2)25(31)27-22-11-9-21(26)10-12-22/h3-13H,14-18H2,1-2H3,(H,27,31). The highest BCUT2D eigenvalue weighted by molar-refractivity contribution is 6.30. The Morgan fingerprint density at radius 1 is 0.970 bits per heavy atom. The first-order valence-corrected chi connectivity index (χ1v) is 11.0. The molecule has 174 valence electrons. The molecule has 0 radical (unpaired) electrons. The quantitative estimate of drug-likeness (QED) is 0.456. The van der Waals surface area contributed by atoms with Gasteiger partial charge in [0.15, 0.2) is 0 Å². The fraction of sp³-hybridized carbons (Fsp3) is 0.280. The zero-order valence-corrected chi connectivity index (χ0v) is 19.5. The van der Waals surface area contributed by atoms with E-state index < -0.39 is 6.03 Å². The largest absolute Gasteiger partial charge is 0.464 e. The number of methoxy groups -OCH3 is 1. The highest BCUT2D eigenvalue weighted by Gasteiger charge is 2.23. The summed E-state index contributed by atoms with van der Waals surface area (Å²) >= 11 is 5.92. The zero-order valence-electron chi connectivity index (χ0n) is 18.8. The minimum atomic E-state index is -0.392. The predicted octanol–water partition coefficient (Wildman–Crippen LogP) is 4.95. The normalized spacial score (nSPS) is 10.6. The third-order valence-electron chi connectivity index (χ3n) is 4.99. The average Bonchev–Trinajstić information content (AvgIpc) is 3.22. The Morgan fingerprint density at radius 3 is 2.33 bits per heavy atom. The van der Waals surface area contributed by atoms with Gasteiger partial charge in [-0.15, -0.1) is 0 Å². The molecule has 0 fully saturated rings. The number of nitrogens with zero attached hydrogens (tertiary/aromatic N) is 2. The molecule has 2 aromatic carbocycles. The molecule has 0 aliphatic heterocycles. The number of benzene rings is 2. The molecule has 0 spiro atoms. The second-order valence-electron chi connectivity index (χ2n) is 7.60. The van der Waals surface area contributed by atoms with E-state index in [0.717, 1.165) is 11.3 Å². The van der Waals surface area contributed by atoms with Crippen molar-refractivity contribution in [3.05, 3.63) is 88.8 Å². The first-order chi connectivity index (χ1) is 15.9. The summed E-state index contributed by atoms with van der Waals surface area (Å²) in [5, 5.41) is 3.38. The molecule has 7 nitrogen and oxygen atoms in total. The van der Waals surface area contributed by atoms with E-state index >= 15 is 0 Å². The Morgan fingerprint density at radius 2 is 1.70 bits per heavy atom. The van der Waals surface area contributed by atoms with Crippen LogP contribution in [0.3, 0.4) is 0 Å². The van der Waals surface area contributed by atoms with Crippen LogP contribution in [0.2, 0.25) is 5.02 Å². The van der Waals surface area contributed by atoms with Gasteiger partial charge in [-0.25, -0.2) is 4.79 Å². The fourth-order valence-corrected chi connectivity index (χ4v) is 3.37. The number of hydrogen-bond donors (Lipinski definition) is 1. The van der Waals surface area contributed by atoms with Crippen LogP contribution in [0, 0.1) is 6.92 Å². The van der Waals surface area contributed by atoms with Gasteiger partial charge in [-0.1, -0.05) is 41.9 Å². The number of aryl methyl sites for hydroxylation is 1. The molecule has 8 heteroatoms. The Labute approximate surface area is 198 Å². The van der Waals surface area contributed by atoms with Crippen LogP contribution in [0.1, 0.15) is 17.1 Å². The van der Waals surface area contributed by atoms with Gasteiger partial charge >= 0.3 is 6.03 Å². The summed E-state index contributed by atoms with van der Waals surface area (Å²) in [7, 11) is 1.55. The molecule has 3 rings (SSSR count). The van der Waals surface area contributed by atoms with E-state index in [4.69, 9.17) is 20.8 Å². The van der Waals surface area contributed by atoms with Crippen molar-refractivity contribution in [2.75, 3.05) is 32.1 Å². The molecular formula is C25H28ClN3O4. The van der Waals surface area contributed by atoms with Crippen molar-refractivity contribution in [2.24, 2.45) is 0 Å². The van der Waals surface area contributed by atoms with Crippen molar-refractivity contribution in [3.8, 4) is 0 Å². The van der Waals surface area contributed by atoms with E-state index in [-0.39, 0.29) is 19.0 Å². The second-order valence-corrected chi connectivity index (χ2v) is 8.04. The summed E-state index contributed by atoms with van der Waals surface area (Å²) in [6.07, 6.45) is 0. The van der Waals surface area contributed by atoms with E-state index in [0.29, 0.717) is 36.2 Å². The Balaban J connectivity index is 1.74. The van der Waals surface area contributed by atoms with Crippen molar-refractivity contribution in [2.45, 2.75) is 20.0 Å². The van der Waals surface area contributed by atoms with Gasteiger partial charge in [0, 0.05) is 30.9 Å². The van der Waals surface area contributed by atoms with Crippen LogP contribution >= 0.6 is 11.6 Å². The predicted molar refractivity (Wildman–Crippen MR) is 128 cm³/mol. The number of carbonyl (C=O) groups is 2. The van der Waals surface area contributed by atoms with Crippen LogP contribution in [0.4, 0.5) is 10.5 Å². The maximum absolute atomic E-state index is 13.3. The topological polar surface area (TPSA) is 75.0 Å².